The lowest BCUT2D eigenvalue weighted by molar-refractivity contribution is -0.00198. The number of allylic oxidation sites excluding steroid dienone is 2. The molecule has 0 saturated carbocycles. The van der Waals surface area contributed by atoms with Crippen molar-refractivity contribution < 1.29 is 9.53 Å². The van der Waals surface area contributed by atoms with Crippen LogP contribution in [0.5, 0.6) is 0 Å². The summed E-state index contributed by atoms with van der Waals surface area (Å²) < 4.78 is 5.50. The molecular formula is C17H31N3O2. The summed E-state index contributed by atoms with van der Waals surface area (Å²) in [6, 6.07) is 0.464. The molecule has 126 valence electrons. The summed E-state index contributed by atoms with van der Waals surface area (Å²) in [5, 5.41) is 0. The lowest BCUT2D eigenvalue weighted by Crippen LogP contribution is -2.52. The Hall–Kier alpha value is -1.52. The van der Waals surface area contributed by atoms with E-state index in [0.717, 1.165) is 25.0 Å². The van der Waals surface area contributed by atoms with E-state index in [1.165, 1.54) is 0 Å². The Morgan fingerprint density at radius 3 is 2.32 bits per heavy atom. The van der Waals surface area contributed by atoms with Gasteiger partial charge in [0.2, 0.25) is 0 Å². The first-order chi connectivity index (χ1) is 10.1. The molecule has 5 nitrogen and oxygen atoms in total. The summed E-state index contributed by atoms with van der Waals surface area (Å²) in [6.45, 7) is 11.8. The highest BCUT2D eigenvalue weighted by Gasteiger charge is 2.36. The van der Waals surface area contributed by atoms with Crippen molar-refractivity contribution in [2.75, 3.05) is 0 Å². The number of hydrogen-bond acceptors (Lipinski definition) is 4. The van der Waals surface area contributed by atoms with Gasteiger partial charge in [-0.1, -0.05) is 6.92 Å². The number of ether oxygens (including phenoxy) is 1. The molecule has 1 heterocycles. The minimum atomic E-state index is -0.464. The molecule has 0 aromatic heterocycles. The van der Waals surface area contributed by atoms with Crippen molar-refractivity contribution in [3.8, 4) is 0 Å². The van der Waals surface area contributed by atoms with Gasteiger partial charge in [-0.3, -0.25) is 4.99 Å². The Morgan fingerprint density at radius 1 is 1.32 bits per heavy atom. The van der Waals surface area contributed by atoms with Crippen LogP contribution in [0.25, 0.3) is 0 Å². The fraction of sp³-hybridized carbons (Fsp3) is 0.765. The van der Waals surface area contributed by atoms with Crippen molar-refractivity contribution in [3.63, 3.8) is 0 Å². The first-order valence-corrected chi connectivity index (χ1v) is 8.13. The van der Waals surface area contributed by atoms with E-state index in [1.54, 1.807) is 6.21 Å². The van der Waals surface area contributed by atoms with Crippen molar-refractivity contribution in [1.29, 1.82) is 0 Å². The highest BCUT2D eigenvalue weighted by Crippen LogP contribution is 2.27. The first kappa shape index (κ1) is 18.5. The summed E-state index contributed by atoms with van der Waals surface area (Å²) in [4.78, 5) is 18.7. The molecule has 5 heteroatoms. The highest BCUT2D eigenvalue weighted by molar-refractivity contribution is 5.72. The van der Waals surface area contributed by atoms with Crippen LogP contribution in [0.1, 0.15) is 60.8 Å². The molecule has 0 spiro atoms. The number of rotatable bonds is 3. The molecular weight excluding hydrogens is 278 g/mol. The largest absolute Gasteiger partial charge is 0.444 e. The monoisotopic (exact) mass is 309 g/mol. The normalized spacial score (nSPS) is 27.3. The molecule has 0 bridgehead atoms. The Labute approximate surface area is 134 Å². The van der Waals surface area contributed by atoms with Gasteiger partial charge < -0.3 is 15.4 Å². The lowest BCUT2D eigenvalue weighted by atomic mass is 9.93. The summed E-state index contributed by atoms with van der Waals surface area (Å²) in [6.07, 6.45) is 5.95. The van der Waals surface area contributed by atoms with Gasteiger partial charge in [0.05, 0.1) is 6.04 Å². The average Bonchev–Trinajstić information content (AvgIpc) is 2.35. The maximum absolute atomic E-state index is 12.3. The predicted molar refractivity (Wildman–Crippen MR) is 91.1 cm³/mol. The quantitative estimate of drug-likeness (QED) is 0.811. The van der Waals surface area contributed by atoms with Gasteiger partial charge in [-0.05, 0) is 60.0 Å². The second-order valence-electron chi connectivity index (χ2n) is 7.10. The fourth-order valence-electron chi connectivity index (χ4n) is 2.72. The van der Waals surface area contributed by atoms with E-state index < -0.39 is 5.60 Å². The third-order valence-corrected chi connectivity index (χ3v) is 3.77. The maximum Gasteiger partial charge on any atom is 0.410 e. The van der Waals surface area contributed by atoms with Crippen molar-refractivity contribution in [2.24, 2.45) is 10.7 Å². The topological polar surface area (TPSA) is 67.9 Å². The number of likely N-dealkylation sites (tertiary alicyclic amines) is 1. The predicted octanol–water partition coefficient (Wildman–Crippen LogP) is 3.49. The summed E-state index contributed by atoms with van der Waals surface area (Å²) in [7, 11) is 0. The van der Waals surface area contributed by atoms with Crippen LogP contribution in [0.15, 0.2) is 16.8 Å². The number of hydrogen-bond donors (Lipinski definition) is 1. The van der Waals surface area contributed by atoms with Crippen LogP contribution in [0, 0.1) is 0 Å². The van der Waals surface area contributed by atoms with Crippen LogP contribution in [0.3, 0.4) is 0 Å². The molecule has 0 radical (unpaired) electrons. The molecule has 1 unspecified atom stereocenters. The van der Waals surface area contributed by atoms with E-state index in [-0.39, 0.29) is 24.2 Å². The smallest absolute Gasteiger partial charge is 0.410 e. The van der Waals surface area contributed by atoms with Crippen LogP contribution in [0.4, 0.5) is 4.79 Å². The zero-order valence-electron chi connectivity index (χ0n) is 14.8. The van der Waals surface area contributed by atoms with E-state index >= 15 is 0 Å². The van der Waals surface area contributed by atoms with Crippen LogP contribution < -0.4 is 5.73 Å². The fourth-order valence-corrected chi connectivity index (χ4v) is 2.72. The van der Waals surface area contributed by atoms with E-state index in [2.05, 4.69) is 18.8 Å². The van der Waals surface area contributed by atoms with Gasteiger partial charge in [-0.25, -0.2) is 4.79 Å². The van der Waals surface area contributed by atoms with Crippen molar-refractivity contribution >= 4 is 12.3 Å². The standard InChI is InChI=1S/C17H31N3O2/c1-7-14(18)8-9-19-15-10-12(2)20(13(3)11-15)16(21)22-17(4,5)6/h8-9,12-13,15H,7,10-11,18H2,1-6H3/t12-,13+,15?. The average molecular weight is 309 g/mol. The highest BCUT2D eigenvalue weighted by atomic mass is 16.6. The van der Waals surface area contributed by atoms with E-state index in [0.29, 0.717) is 0 Å². The van der Waals surface area contributed by atoms with Crippen molar-refractivity contribution in [3.05, 3.63) is 11.8 Å². The van der Waals surface area contributed by atoms with Gasteiger partial charge in [0.1, 0.15) is 5.60 Å². The molecule has 1 fully saturated rings. The van der Waals surface area contributed by atoms with Crippen LogP contribution >= 0.6 is 0 Å². The molecule has 1 aliphatic rings. The zero-order chi connectivity index (χ0) is 16.9. The number of amides is 1. The van der Waals surface area contributed by atoms with Gasteiger partial charge in [0, 0.05) is 24.0 Å². The van der Waals surface area contributed by atoms with Crippen LogP contribution in [0.2, 0.25) is 0 Å². The van der Waals surface area contributed by atoms with Gasteiger partial charge in [-0.2, -0.15) is 0 Å². The first-order valence-electron chi connectivity index (χ1n) is 8.13. The number of nitrogens with zero attached hydrogens (tertiary/aromatic N) is 2. The summed E-state index contributed by atoms with van der Waals surface area (Å²) >= 11 is 0. The van der Waals surface area contributed by atoms with E-state index in [9.17, 15) is 4.79 Å². The minimum Gasteiger partial charge on any atom is -0.444 e. The number of piperidine rings is 1. The van der Waals surface area contributed by atoms with Crippen molar-refractivity contribution in [1.82, 2.24) is 4.90 Å². The van der Waals surface area contributed by atoms with Crippen LogP contribution in [-0.2, 0) is 4.74 Å². The summed E-state index contributed by atoms with van der Waals surface area (Å²) in [5.41, 5.74) is 6.13. The lowest BCUT2D eigenvalue weighted by Gasteiger charge is -2.41. The molecule has 2 N–H and O–H groups in total. The van der Waals surface area contributed by atoms with E-state index in [1.807, 2.05) is 38.7 Å². The molecule has 0 aliphatic carbocycles. The van der Waals surface area contributed by atoms with Crippen LogP contribution in [-0.4, -0.2) is 40.9 Å². The number of carbonyl (C=O) groups is 1. The third-order valence-electron chi connectivity index (χ3n) is 3.77. The second-order valence-corrected chi connectivity index (χ2v) is 7.10. The third kappa shape index (κ3) is 5.70. The van der Waals surface area contributed by atoms with Gasteiger partial charge in [0.15, 0.2) is 0 Å². The number of aliphatic imine (C=N–C) groups is 1. The molecule has 1 aliphatic heterocycles. The number of nitrogens with two attached hydrogens (primary N) is 1. The van der Waals surface area contributed by atoms with Gasteiger partial charge in [0.25, 0.3) is 0 Å². The molecule has 1 amide bonds. The Balaban J connectivity index is 2.67. The minimum absolute atomic E-state index is 0.119. The van der Waals surface area contributed by atoms with Gasteiger partial charge in [-0.15, -0.1) is 0 Å². The molecule has 22 heavy (non-hydrogen) atoms. The Morgan fingerprint density at radius 2 is 1.86 bits per heavy atom. The molecule has 0 aromatic carbocycles. The maximum atomic E-state index is 12.3. The second kappa shape index (κ2) is 7.65. The summed E-state index contributed by atoms with van der Waals surface area (Å²) in [5.74, 6) is 0. The van der Waals surface area contributed by atoms with E-state index in [4.69, 9.17) is 10.5 Å². The molecule has 1 rings (SSSR count). The Bertz CT molecular complexity index is 426. The number of carbonyl (C=O) groups excluding carboxylic acids is 1. The zero-order valence-corrected chi connectivity index (χ0v) is 14.8. The Kier molecular flexibility index (Phi) is 6.45. The van der Waals surface area contributed by atoms with Gasteiger partial charge >= 0.3 is 6.09 Å². The molecule has 0 aromatic rings. The molecule has 3 atom stereocenters. The molecule has 1 saturated heterocycles. The van der Waals surface area contributed by atoms with Crippen molar-refractivity contribution in [2.45, 2.75) is 84.5 Å². The SMILES string of the molecule is CCC(N)=CC=NC1C[C@@H](C)N(C(=O)OC(C)(C)C)[C@@H](C)C1.